The smallest absolute Gasteiger partial charge is 0.330 e. The topological polar surface area (TPSA) is 63.0 Å². The number of esters is 1. The van der Waals surface area contributed by atoms with Crippen LogP contribution in [0.1, 0.15) is 32.4 Å². The molecule has 0 N–H and O–H groups in total. The summed E-state index contributed by atoms with van der Waals surface area (Å²) in [7, 11) is 0. The summed E-state index contributed by atoms with van der Waals surface area (Å²) in [5.41, 5.74) is -0.491. The van der Waals surface area contributed by atoms with Gasteiger partial charge in [-0.1, -0.05) is 0 Å². The molecule has 0 saturated heterocycles. The largest absolute Gasteiger partial charge is 0.459 e. The molecule has 0 amide bonds. The minimum absolute atomic E-state index is 0.183. The van der Waals surface area contributed by atoms with Crippen LogP contribution in [0.4, 0.5) is 4.39 Å². The maximum atomic E-state index is 12.7. The summed E-state index contributed by atoms with van der Waals surface area (Å²) in [6.45, 7) is 5.12. The van der Waals surface area contributed by atoms with Crippen molar-refractivity contribution < 1.29 is 13.9 Å². The van der Waals surface area contributed by atoms with Crippen LogP contribution in [0, 0.1) is 17.1 Å². The Labute approximate surface area is 99.0 Å². The van der Waals surface area contributed by atoms with Gasteiger partial charge in [-0.2, -0.15) is 5.26 Å². The molecule has 90 valence electrons. The lowest BCUT2D eigenvalue weighted by Crippen LogP contribution is -2.27. The zero-order valence-electron chi connectivity index (χ0n) is 9.90. The van der Waals surface area contributed by atoms with Crippen molar-refractivity contribution in [3.63, 3.8) is 0 Å². The van der Waals surface area contributed by atoms with Gasteiger partial charge in [0.25, 0.3) is 0 Å². The summed E-state index contributed by atoms with van der Waals surface area (Å²) in [6, 6.07) is 4.25. The molecule has 0 aromatic carbocycles. The normalized spacial score (nSPS) is 12.6. The van der Waals surface area contributed by atoms with E-state index in [1.54, 1.807) is 26.8 Å². The Morgan fingerprint density at radius 1 is 1.53 bits per heavy atom. The molecule has 17 heavy (non-hydrogen) atoms. The first kappa shape index (κ1) is 13.1. The van der Waals surface area contributed by atoms with Crippen LogP contribution in [-0.2, 0) is 9.53 Å². The molecule has 0 spiro atoms. The number of ether oxygens (including phenoxy) is 1. The second kappa shape index (κ2) is 4.91. The predicted octanol–water partition coefficient (Wildman–Crippen LogP) is 2.17. The van der Waals surface area contributed by atoms with E-state index >= 15 is 0 Å². The number of halogens is 1. The first-order chi connectivity index (χ1) is 7.83. The van der Waals surface area contributed by atoms with Crippen LogP contribution < -0.4 is 0 Å². The lowest BCUT2D eigenvalue weighted by Gasteiger charge is -2.21. The molecule has 1 aromatic rings. The Morgan fingerprint density at radius 3 is 2.59 bits per heavy atom. The highest BCUT2D eigenvalue weighted by molar-refractivity contribution is 5.81. The molecule has 1 atom stereocenters. The van der Waals surface area contributed by atoms with Gasteiger partial charge in [0, 0.05) is 0 Å². The summed E-state index contributed by atoms with van der Waals surface area (Å²) < 4.78 is 17.7. The molecule has 4 nitrogen and oxygen atoms in total. The summed E-state index contributed by atoms with van der Waals surface area (Å²) >= 11 is 0. The van der Waals surface area contributed by atoms with Crippen molar-refractivity contribution in [1.29, 1.82) is 5.26 Å². The molecule has 0 bridgehead atoms. The van der Waals surface area contributed by atoms with E-state index in [4.69, 9.17) is 10.00 Å². The predicted molar refractivity (Wildman–Crippen MR) is 58.4 cm³/mol. The SMILES string of the molecule is CC(C)(C)OC(=O)[C@@H](C#N)c1ccc(F)cn1. The molecular formula is C12H13FN2O2. The molecule has 0 saturated carbocycles. The standard InChI is InChI=1S/C12H13FN2O2/c1-12(2,3)17-11(16)9(6-14)10-5-4-8(13)7-15-10/h4-5,7,9H,1-3H3/t9-/m0/s1. The third kappa shape index (κ3) is 3.83. The van der Waals surface area contributed by atoms with E-state index in [-0.39, 0.29) is 5.69 Å². The van der Waals surface area contributed by atoms with E-state index in [2.05, 4.69) is 4.98 Å². The Kier molecular flexibility index (Phi) is 3.79. The highest BCUT2D eigenvalue weighted by Gasteiger charge is 2.27. The third-order valence-electron chi connectivity index (χ3n) is 1.82. The van der Waals surface area contributed by atoms with Crippen molar-refractivity contribution >= 4 is 5.97 Å². The molecule has 0 aliphatic rings. The third-order valence-corrected chi connectivity index (χ3v) is 1.82. The van der Waals surface area contributed by atoms with E-state index in [1.165, 1.54) is 6.07 Å². The maximum absolute atomic E-state index is 12.7. The number of carbonyl (C=O) groups is 1. The maximum Gasteiger partial charge on any atom is 0.330 e. The lowest BCUT2D eigenvalue weighted by atomic mass is 10.1. The van der Waals surface area contributed by atoms with Gasteiger partial charge in [-0.25, -0.2) is 4.39 Å². The number of rotatable bonds is 2. The molecule has 0 aliphatic heterocycles. The van der Waals surface area contributed by atoms with Crippen molar-refractivity contribution in [3.05, 3.63) is 29.8 Å². The van der Waals surface area contributed by atoms with Crippen molar-refractivity contribution in [3.8, 4) is 6.07 Å². The minimum Gasteiger partial charge on any atom is -0.459 e. The summed E-state index contributed by atoms with van der Waals surface area (Å²) in [4.78, 5) is 15.4. The van der Waals surface area contributed by atoms with Gasteiger partial charge in [0.15, 0.2) is 5.92 Å². The highest BCUT2D eigenvalue weighted by Crippen LogP contribution is 2.18. The quantitative estimate of drug-likeness (QED) is 0.738. The van der Waals surface area contributed by atoms with Gasteiger partial charge in [0.05, 0.1) is 18.0 Å². The highest BCUT2D eigenvalue weighted by atomic mass is 19.1. The van der Waals surface area contributed by atoms with Crippen LogP contribution in [0.15, 0.2) is 18.3 Å². The van der Waals surface area contributed by atoms with Crippen molar-refractivity contribution in [2.24, 2.45) is 0 Å². The van der Waals surface area contributed by atoms with E-state index in [0.717, 1.165) is 12.3 Å². The number of pyridine rings is 1. The fourth-order valence-corrected chi connectivity index (χ4v) is 1.16. The molecule has 0 unspecified atom stereocenters. The Morgan fingerprint density at radius 2 is 2.18 bits per heavy atom. The van der Waals surface area contributed by atoms with Crippen LogP contribution in [0.5, 0.6) is 0 Å². The minimum atomic E-state index is -1.13. The molecule has 0 fully saturated rings. The van der Waals surface area contributed by atoms with Gasteiger partial charge in [0.2, 0.25) is 0 Å². The first-order valence-corrected chi connectivity index (χ1v) is 5.07. The summed E-state index contributed by atoms with van der Waals surface area (Å²) in [6.07, 6.45) is 0.962. The molecule has 0 aliphatic carbocycles. The fraction of sp³-hybridized carbons (Fsp3) is 0.417. The molecule has 0 radical (unpaired) electrons. The Hall–Kier alpha value is -1.96. The molecule has 1 rings (SSSR count). The first-order valence-electron chi connectivity index (χ1n) is 5.07. The Balaban J connectivity index is 2.90. The number of carbonyl (C=O) groups excluding carboxylic acids is 1. The Bertz CT molecular complexity index is 443. The molecule has 1 heterocycles. The van der Waals surface area contributed by atoms with Gasteiger partial charge in [0.1, 0.15) is 11.4 Å². The van der Waals surface area contributed by atoms with E-state index in [0.29, 0.717) is 0 Å². The zero-order chi connectivity index (χ0) is 13.1. The fourth-order valence-electron chi connectivity index (χ4n) is 1.16. The van der Waals surface area contributed by atoms with Crippen molar-refractivity contribution in [2.45, 2.75) is 32.3 Å². The van der Waals surface area contributed by atoms with Crippen LogP contribution in [0.3, 0.4) is 0 Å². The van der Waals surface area contributed by atoms with Gasteiger partial charge < -0.3 is 4.74 Å². The monoisotopic (exact) mass is 236 g/mol. The second-order valence-electron chi connectivity index (χ2n) is 4.50. The van der Waals surface area contributed by atoms with Crippen LogP contribution in [0.25, 0.3) is 0 Å². The molecule has 5 heteroatoms. The number of nitrogens with zero attached hydrogens (tertiary/aromatic N) is 2. The zero-order valence-corrected chi connectivity index (χ0v) is 9.90. The average molecular weight is 236 g/mol. The van der Waals surface area contributed by atoms with Crippen molar-refractivity contribution in [1.82, 2.24) is 4.98 Å². The average Bonchev–Trinajstić information content (AvgIpc) is 2.19. The number of hydrogen-bond donors (Lipinski definition) is 0. The molecular weight excluding hydrogens is 223 g/mol. The van der Waals surface area contributed by atoms with Gasteiger partial charge >= 0.3 is 5.97 Å². The van der Waals surface area contributed by atoms with Crippen LogP contribution in [-0.4, -0.2) is 16.6 Å². The number of hydrogen-bond acceptors (Lipinski definition) is 4. The summed E-state index contributed by atoms with van der Waals surface area (Å²) in [5.74, 6) is -2.33. The van der Waals surface area contributed by atoms with Gasteiger partial charge in [-0.3, -0.25) is 9.78 Å². The van der Waals surface area contributed by atoms with Crippen LogP contribution in [0.2, 0.25) is 0 Å². The van der Waals surface area contributed by atoms with Gasteiger partial charge in [-0.05, 0) is 32.9 Å². The van der Waals surface area contributed by atoms with Crippen LogP contribution >= 0.6 is 0 Å². The van der Waals surface area contributed by atoms with Gasteiger partial charge in [-0.15, -0.1) is 0 Å². The van der Waals surface area contributed by atoms with E-state index in [9.17, 15) is 9.18 Å². The van der Waals surface area contributed by atoms with E-state index in [1.807, 2.05) is 0 Å². The number of nitriles is 1. The lowest BCUT2D eigenvalue weighted by molar-refractivity contribution is -0.155. The summed E-state index contributed by atoms with van der Waals surface area (Å²) in [5, 5.41) is 8.93. The van der Waals surface area contributed by atoms with Crippen molar-refractivity contribution in [2.75, 3.05) is 0 Å². The molecule has 1 aromatic heterocycles. The second-order valence-corrected chi connectivity index (χ2v) is 4.50. The van der Waals surface area contributed by atoms with E-state index < -0.39 is 23.3 Å². The number of aromatic nitrogens is 1.